The van der Waals surface area contributed by atoms with Crippen LogP contribution in [-0.2, 0) is 33.3 Å². The van der Waals surface area contributed by atoms with Crippen molar-refractivity contribution in [2.24, 2.45) is 11.8 Å². The Kier molecular flexibility index (Phi) is 10.3. The second-order valence-electron chi connectivity index (χ2n) is 6.70. The molecule has 1 heterocycles. The molecule has 5 unspecified atom stereocenters. The summed E-state index contributed by atoms with van der Waals surface area (Å²) in [5, 5.41) is 0. The lowest BCUT2D eigenvalue weighted by molar-refractivity contribution is -0.294. The number of rotatable bonds is 7. The zero-order valence-electron chi connectivity index (χ0n) is 16.9. The second-order valence-corrected chi connectivity index (χ2v) is 6.70. The summed E-state index contributed by atoms with van der Waals surface area (Å²) in [5.41, 5.74) is 0. The first-order chi connectivity index (χ1) is 12.5. The average molecular weight is 431 g/mol. The van der Waals surface area contributed by atoms with E-state index in [1.165, 1.54) is 20.8 Å². The van der Waals surface area contributed by atoms with Crippen molar-refractivity contribution < 1.29 is 42.1 Å². The van der Waals surface area contributed by atoms with Gasteiger partial charge >= 0.3 is 23.8 Å². The first kappa shape index (κ1) is 26.5. The maximum atomic E-state index is 15.2. The van der Waals surface area contributed by atoms with Crippen LogP contribution < -0.4 is 0 Å². The topological polar surface area (TPSA) is 88.1 Å². The van der Waals surface area contributed by atoms with Gasteiger partial charge in [0.05, 0.1) is 6.61 Å². The first-order valence-electron chi connectivity index (χ1n) is 9.01. The van der Waals surface area contributed by atoms with Crippen LogP contribution in [0.5, 0.6) is 0 Å². The molecule has 0 saturated carbocycles. The Morgan fingerprint density at radius 2 is 1.61 bits per heavy atom. The average Bonchev–Trinajstić information content (AvgIpc) is 2.59. The molecule has 164 valence electrons. The smallest absolute Gasteiger partial charge is 0.375 e. The quantitative estimate of drug-likeness (QED) is 0.453. The van der Waals surface area contributed by atoms with Gasteiger partial charge < -0.3 is 18.9 Å². The number of ether oxygens (including phenoxy) is 4. The van der Waals surface area contributed by atoms with E-state index in [-0.39, 0.29) is 25.4 Å². The van der Waals surface area contributed by atoms with Gasteiger partial charge in [0.2, 0.25) is 0 Å². The van der Waals surface area contributed by atoms with Gasteiger partial charge in [0.25, 0.3) is 0 Å². The summed E-state index contributed by atoms with van der Waals surface area (Å²) in [6.45, 7) is 8.30. The number of alkyl halides is 2. The van der Waals surface area contributed by atoms with E-state index in [1.54, 1.807) is 13.8 Å². The van der Waals surface area contributed by atoms with E-state index >= 15 is 4.39 Å². The molecule has 0 radical (unpaired) electrons. The monoisotopic (exact) mass is 430 g/mol. The van der Waals surface area contributed by atoms with Gasteiger partial charge in [-0.05, 0) is 25.2 Å². The number of hydrogen-bond acceptors (Lipinski definition) is 7. The molecule has 0 aromatic carbocycles. The van der Waals surface area contributed by atoms with Gasteiger partial charge in [-0.2, -0.15) is 4.39 Å². The molecule has 1 aliphatic rings. The van der Waals surface area contributed by atoms with Gasteiger partial charge in [0.15, 0.2) is 12.3 Å². The molecule has 0 bridgehead atoms. The molecular formula is C18H29ClF2O7. The predicted octanol–water partition coefficient (Wildman–Crippen LogP) is 2.92. The van der Waals surface area contributed by atoms with Crippen LogP contribution in [0.1, 0.15) is 48.0 Å². The van der Waals surface area contributed by atoms with Crippen molar-refractivity contribution in [1.82, 2.24) is 0 Å². The van der Waals surface area contributed by atoms with Crippen LogP contribution >= 0.6 is 12.4 Å². The second kappa shape index (κ2) is 10.9. The summed E-state index contributed by atoms with van der Waals surface area (Å²) in [6, 6.07) is 0. The first-order valence-corrected chi connectivity index (χ1v) is 9.01. The van der Waals surface area contributed by atoms with Crippen molar-refractivity contribution in [3.05, 3.63) is 0 Å². The van der Waals surface area contributed by atoms with Gasteiger partial charge in [-0.25, -0.2) is 9.18 Å². The Balaban J connectivity index is 0.00000729. The standard InChI is InChI=1S/C18H28F2O7.ClH/c1-7-13(25-11(5)21)15(26-12(6)22)14-9(3)10(4)16(19)18(20,27-14)17(23)24-8-2;/h9-10,13-16H,7-8H2,1-6H3;1H/t9?,10?,13-,14?,15-,16?,18?;/m1./s1. The van der Waals surface area contributed by atoms with Crippen LogP contribution in [0.4, 0.5) is 8.78 Å². The molecule has 0 spiro atoms. The van der Waals surface area contributed by atoms with E-state index in [4.69, 9.17) is 14.2 Å². The molecule has 10 heteroatoms. The molecule has 0 aromatic heterocycles. The minimum absolute atomic E-state index is 0. The lowest BCUT2D eigenvalue weighted by atomic mass is 9.78. The Hall–Kier alpha value is -1.48. The third-order valence-corrected chi connectivity index (χ3v) is 4.74. The third kappa shape index (κ3) is 5.76. The van der Waals surface area contributed by atoms with Gasteiger partial charge in [-0.15, -0.1) is 12.4 Å². The van der Waals surface area contributed by atoms with E-state index < -0.39 is 60.1 Å². The Morgan fingerprint density at radius 3 is 2.04 bits per heavy atom. The highest BCUT2D eigenvalue weighted by molar-refractivity contribution is 5.85. The van der Waals surface area contributed by atoms with Crippen molar-refractivity contribution >= 4 is 30.3 Å². The van der Waals surface area contributed by atoms with Crippen molar-refractivity contribution in [2.75, 3.05) is 6.61 Å². The highest BCUT2D eigenvalue weighted by Gasteiger charge is 2.61. The SMILES string of the molecule is CCOC(=O)C1(F)OC([C@H](OC(C)=O)[C@@H](CC)OC(C)=O)C(C)C(C)C1F.Cl. The Morgan fingerprint density at radius 1 is 1.07 bits per heavy atom. The van der Waals surface area contributed by atoms with Gasteiger partial charge in [-0.3, -0.25) is 9.59 Å². The number of carbonyl (C=O) groups is 3. The van der Waals surface area contributed by atoms with E-state index in [9.17, 15) is 18.8 Å². The van der Waals surface area contributed by atoms with Gasteiger partial charge in [-0.1, -0.05) is 20.8 Å². The third-order valence-electron chi connectivity index (χ3n) is 4.74. The minimum atomic E-state index is -3.35. The lowest BCUT2D eigenvalue weighted by Gasteiger charge is -2.46. The molecule has 7 nitrogen and oxygen atoms in total. The number of carbonyl (C=O) groups excluding carboxylic acids is 3. The van der Waals surface area contributed by atoms with Crippen LogP contribution in [0, 0.1) is 11.8 Å². The number of hydrogen-bond donors (Lipinski definition) is 0. The molecule has 1 fully saturated rings. The van der Waals surface area contributed by atoms with Crippen LogP contribution in [0.15, 0.2) is 0 Å². The van der Waals surface area contributed by atoms with Crippen molar-refractivity contribution in [3.8, 4) is 0 Å². The van der Waals surface area contributed by atoms with Crippen LogP contribution in [-0.4, -0.2) is 54.9 Å². The normalized spacial score (nSPS) is 31.7. The van der Waals surface area contributed by atoms with Crippen LogP contribution in [0.3, 0.4) is 0 Å². The summed E-state index contributed by atoms with van der Waals surface area (Å²) in [6.07, 6.45) is -5.43. The van der Waals surface area contributed by atoms with Crippen LogP contribution in [0.25, 0.3) is 0 Å². The van der Waals surface area contributed by atoms with Crippen molar-refractivity contribution in [1.29, 1.82) is 0 Å². The minimum Gasteiger partial charge on any atom is -0.462 e. The Bertz CT molecular complexity index is 562. The Labute approximate surface area is 169 Å². The van der Waals surface area contributed by atoms with E-state index in [0.717, 1.165) is 6.92 Å². The number of halogens is 3. The predicted molar refractivity (Wildman–Crippen MR) is 97.2 cm³/mol. The fourth-order valence-electron chi connectivity index (χ4n) is 3.17. The largest absolute Gasteiger partial charge is 0.462 e. The number of esters is 3. The van der Waals surface area contributed by atoms with Crippen LogP contribution in [0.2, 0.25) is 0 Å². The maximum Gasteiger partial charge on any atom is 0.375 e. The molecule has 1 aliphatic heterocycles. The van der Waals surface area contributed by atoms with E-state index in [1.807, 2.05) is 0 Å². The molecule has 0 amide bonds. The molecule has 0 aromatic rings. The summed E-state index contributed by atoms with van der Waals surface area (Å²) in [4.78, 5) is 35.0. The molecular weight excluding hydrogens is 402 g/mol. The van der Waals surface area contributed by atoms with Gasteiger partial charge in [0, 0.05) is 13.8 Å². The molecule has 0 N–H and O–H groups in total. The molecule has 1 rings (SSSR count). The maximum absolute atomic E-state index is 15.2. The molecule has 7 atom stereocenters. The van der Waals surface area contributed by atoms with Crippen molar-refractivity contribution in [2.45, 2.75) is 78.3 Å². The van der Waals surface area contributed by atoms with E-state index in [2.05, 4.69) is 4.74 Å². The highest BCUT2D eigenvalue weighted by atomic mass is 35.5. The summed E-state index contributed by atoms with van der Waals surface area (Å²) < 4.78 is 50.2. The lowest BCUT2D eigenvalue weighted by Crippen LogP contribution is -2.63. The fraction of sp³-hybridized carbons (Fsp3) is 0.833. The zero-order chi connectivity index (χ0) is 20.9. The zero-order valence-corrected chi connectivity index (χ0v) is 17.7. The van der Waals surface area contributed by atoms with Crippen molar-refractivity contribution in [3.63, 3.8) is 0 Å². The molecule has 0 aliphatic carbocycles. The van der Waals surface area contributed by atoms with E-state index in [0.29, 0.717) is 0 Å². The highest BCUT2D eigenvalue weighted by Crippen LogP contribution is 2.43. The fourth-order valence-corrected chi connectivity index (χ4v) is 3.17. The molecule has 28 heavy (non-hydrogen) atoms. The van der Waals surface area contributed by atoms with Gasteiger partial charge in [0.1, 0.15) is 12.2 Å². The summed E-state index contributed by atoms with van der Waals surface area (Å²) >= 11 is 0. The summed E-state index contributed by atoms with van der Waals surface area (Å²) in [5.74, 6) is -7.77. The summed E-state index contributed by atoms with van der Waals surface area (Å²) in [7, 11) is 0. The molecule has 1 saturated heterocycles.